The largest absolute Gasteiger partial charge is 0.493 e. The van der Waals surface area contributed by atoms with Gasteiger partial charge in [0.05, 0.1) is 6.61 Å². The van der Waals surface area contributed by atoms with E-state index in [-0.39, 0.29) is 12.0 Å². The van der Waals surface area contributed by atoms with Crippen molar-refractivity contribution in [2.24, 2.45) is 5.73 Å². The quantitative estimate of drug-likeness (QED) is 0.854. The second-order valence-corrected chi connectivity index (χ2v) is 4.27. The maximum absolute atomic E-state index is 6.30. The van der Waals surface area contributed by atoms with E-state index in [1.54, 1.807) is 6.20 Å². The number of ether oxygens (including phenoxy) is 1. The third kappa shape index (κ3) is 1.78. The number of para-hydroxylation sites is 1. The van der Waals surface area contributed by atoms with E-state index in [0.717, 1.165) is 11.3 Å². The van der Waals surface area contributed by atoms with Crippen LogP contribution in [-0.4, -0.2) is 11.6 Å². The molecule has 2 aromatic rings. The third-order valence-corrected chi connectivity index (χ3v) is 3.24. The number of fused-ring (bicyclic) bond motifs is 1. The van der Waals surface area contributed by atoms with Gasteiger partial charge < -0.3 is 10.5 Å². The number of aromatic nitrogens is 1. The van der Waals surface area contributed by atoms with Gasteiger partial charge in [-0.3, -0.25) is 4.98 Å². The van der Waals surface area contributed by atoms with Crippen molar-refractivity contribution in [3.8, 4) is 5.75 Å². The Hall–Kier alpha value is -1.87. The monoisotopic (exact) mass is 226 g/mol. The molecule has 1 aromatic carbocycles. The minimum absolute atomic E-state index is 0.0626. The van der Waals surface area contributed by atoms with Crippen molar-refractivity contribution in [2.45, 2.75) is 12.0 Å². The molecule has 0 saturated carbocycles. The predicted molar refractivity (Wildman–Crippen MR) is 65.8 cm³/mol. The van der Waals surface area contributed by atoms with Crippen LogP contribution >= 0.6 is 0 Å². The van der Waals surface area contributed by atoms with Crippen LogP contribution in [0.4, 0.5) is 0 Å². The highest BCUT2D eigenvalue weighted by atomic mass is 16.5. The fourth-order valence-corrected chi connectivity index (χ4v) is 2.29. The Morgan fingerprint density at radius 3 is 2.94 bits per heavy atom. The molecule has 17 heavy (non-hydrogen) atoms. The molecule has 2 heterocycles. The van der Waals surface area contributed by atoms with Gasteiger partial charge in [0, 0.05) is 29.9 Å². The number of hydrogen-bond donors (Lipinski definition) is 1. The molecule has 3 nitrogen and oxygen atoms in total. The average molecular weight is 226 g/mol. The Labute approximate surface area is 100 Å². The lowest BCUT2D eigenvalue weighted by atomic mass is 9.90. The van der Waals surface area contributed by atoms with E-state index in [1.165, 1.54) is 5.56 Å². The van der Waals surface area contributed by atoms with Gasteiger partial charge in [0.15, 0.2) is 0 Å². The summed E-state index contributed by atoms with van der Waals surface area (Å²) in [4.78, 5) is 4.11. The van der Waals surface area contributed by atoms with Crippen LogP contribution in [0.1, 0.15) is 23.1 Å². The lowest BCUT2D eigenvalue weighted by Crippen LogP contribution is -2.21. The number of nitrogens with two attached hydrogens (primary N) is 1. The summed E-state index contributed by atoms with van der Waals surface area (Å²) in [6.07, 6.45) is 3.58. The maximum Gasteiger partial charge on any atom is 0.122 e. The summed E-state index contributed by atoms with van der Waals surface area (Å²) in [5.41, 5.74) is 8.55. The lowest BCUT2D eigenvalue weighted by molar-refractivity contribution is 0.315. The standard InChI is InChI=1S/C14H14N2O/c15-14(10-4-3-7-16-8-10)12-9-17-13-6-2-1-5-11(12)13/h1-8,12,14H,9,15H2. The summed E-state index contributed by atoms with van der Waals surface area (Å²) < 4.78 is 5.65. The van der Waals surface area contributed by atoms with Crippen molar-refractivity contribution in [3.63, 3.8) is 0 Å². The Morgan fingerprint density at radius 2 is 2.12 bits per heavy atom. The molecule has 2 N–H and O–H groups in total. The van der Waals surface area contributed by atoms with Crippen LogP contribution in [0, 0.1) is 0 Å². The van der Waals surface area contributed by atoms with E-state index in [2.05, 4.69) is 11.1 Å². The highest BCUT2D eigenvalue weighted by Crippen LogP contribution is 2.39. The molecule has 0 fully saturated rings. The van der Waals surface area contributed by atoms with Gasteiger partial charge in [0.25, 0.3) is 0 Å². The molecule has 0 aliphatic carbocycles. The molecular formula is C14H14N2O. The highest BCUT2D eigenvalue weighted by Gasteiger charge is 2.29. The third-order valence-electron chi connectivity index (χ3n) is 3.24. The fourth-order valence-electron chi connectivity index (χ4n) is 2.29. The molecule has 1 aromatic heterocycles. The van der Waals surface area contributed by atoms with Gasteiger partial charge in [-0.15, -0.1) is 0 Å². The Morgan fingerprint density at radius 1 is 1.24 bits per heavy atom. The molecule has 2 atom stereocenters. The van der Waals surface area contributed by atoms with Crippen LogP contribution in [0.15, 0.2) is 48.8 Å². The summed E-state index contributed by atoms with van der Waals surface area (Å²) in [5, 5.41) is 0. The Bertz CT molecular complexity index is 513. The molecule has 0 radical (unpaired) electrons. The van der Waals surface area contributed by atoms with Crippen LogP contribution in [0.3, 0.4) is 0 Å². The highest BCUT2D eigenvalue weighted by molar-refractivity contribution is 5.41. The summed E-state index contributed by atoms with van der Waals surface area (Å²) in [7, 11) is 0. The van der Waals surface area contributed by atoms with E-state index in [9.17, 15) is 0 Å². The van der Waals surface area contributed by atoms with Crippen LogP contribution in [0.2, 0.25) is 0 Å². The van der Waals surface area contributed by atoms with Crippen molar-refractivity contribution in [3.05, 3.63) is 59.9 Å². The molecule has 86 valence electrons. The first kappa shape index (κ1) is 10.3. The van der Waals surface area contributed by atoms with Gasteiger partial charge >= 0.3 is 0 Å². The number of rotatable bonds is 2. The summed E-state index contributed by atoms with van der Waals surface area (Å²) in [6.45, 7) is 0.648. The molecule has 0 saturated heterocycles. The van der Waals surface area contributed by atoms with Gasteiger partial charge in [-0.05, 0) is 17.7 Å². The van der Waals surface area contributed by atoms with Gasteiger partial charge in [-0.2, -0.15) is 0 Å². The lowest BCUT2D eigenvalue weighted by Gasteiger charge is -2.18. The van der Waals surface area contributed by atoms with Gasteiger partial charge in [0.2, 0.25) is 0 Å². The fraction of sp³-hybridized carbons (Fsp3) is 0.214. The van der Waals surface area contributed by atoms with Gasteiger partial charge in [0.1, 0.15) is 5.75 Å². The molecule has 0 bridgehead atoms. The normalized spacial score (nSPS) is 19.5. The molecule has 3 rings (SSSR count). The minimum atomic E-state index is -0.0626. The van der Waals surface area contributed by atoms with Crippen LogP contribution < -0.4 is 10.5 Å². The number of nitrogens with zero attached hydrogens (tertiary/aromatic N) is 1. The molecule has 0 amide bonds. The SMILES string of the molecule is NC(c1cccnc1)C1COc2ccccc21. The summed E-state index contributed by atoms with van der Waals surface area (Å²) >= 11 is 0. The zero-order valence-corrected chi connectivity index (χ0v) is 9.41. The number of pyridine rings is 1. The zero-order valence-electron chi connectivity index (χ0n) is 9.41. The van der Waals surface area contributed by atoms with Crippen molar-refractivity contribution >= 4 is 0 Å². The predicted octanol–water partition coefficient (Wildman–Crippen LogP) is 2.26. The second kappa shape index (κ2) is 4.18. The first-order valence-corrected chi connectivity index (χ1v) is 5.73. The van der Waals surface area contributed by atoms with Crippen molar-refractivity contribution < 1.29 is 4.74 Å². The van der Waals surface area contributed by atoms with Crippen molar-refractivity contribution in [1.82, 2.24) is 4.98 Å². The van der Waals surface area contributed by atoms with Crippen molar-refractivity contribution in [2.75, 3.05) is 6.61 Å². The van der Waals surface area contributed by atoms with Crippen LogP contribution in [0.25, 0.3) is 0 Å². The first-order valence-electron chi connectivity index (χ1n) is 5.73. The molecule has 2 unspecified atom stereocenters. The number of benzene rings is 1. The number of hydrogen-bond acceptors (Lipinski definition) is 3. The topological polar surface area (TPSA) is 48.1 Å². The Kier molecular flexibility index (Phi) is 2.53. The van der Waals surface area contributed by atoms with Crippen molar-refractivity contribution in [1.29, 1.82) is 0 Å². The van der Waals surface area contributed by atoms with Crippen LogP contribution in [0.5, 0.6) is 5.75 Å². The van der Waals surface area contributed by atoms with E-state index >= 15 is 0 Å². The van der Waals surface area contributed by atoms with E-state index < -0.39 is 0 Å². The van der Waals surface area contributed by atoms with Gasteiger partial charge in [-0.1, -0.05) is 24.3 Å². The second-order valence-electron chi connectivity index (χ2n) is 4.27. The minimum Gasteiger partial charge on any atom is -0.493 e. The molecule has 1 aliphatic rings. The van der Waals surface area contributed by atoms with E-state index in [0.29, 0.717) is 6.61 Å². The molecule has 1 aliphatic heterocycles. The zero-order chi connectivity index (χ0) is 11.7. The summed E-state index contributed by atoms with van der Waals surface area (Å²) in [5.74, 6) is 1.17. The van der Waals surface area contributed by atoms with E-state index in [4.69, 9.17) is 10.5 Å². The average Bonchev–Trinajstić information content (AvgIpc) is 2.83. The molecular weight excluding hydrogens is 212 g/mol. The molecule has 3 heteroatoms. The van der Waals surface area contributed by atoms with Crippen LogP contribution in [-0.2, 0) is 0 Å². The summed E-state index contributed by atoms with van der Waals surface area (Å²) in [6, 6.07) is 11.9. The smallest absolute Gasteiger partial charge is 0.122 e. The van der Waals surface area contributed by atoms with E-state index in [1.807, 2.05) is 36.5 Å². The Balaban J connectivity index is 1.92. The molecule has 0 spiro atoms. The maximum atomic E-state index is 6.30. The first-order chi connectivity index (χ1) is 8.36. The van der Waals surface area contributed by atoms with Gasteiger partial charge in [-0.25, -0.2) is 0 Å².